The van der Waals surface area contributed by atoms with Crippen molar-refractivity contribution in [1.29, 1.82) is 0 Å². The number of amides is 1. The SMILES string of the molecule is CSCCCNC(=O)CCc1ccc(N)cc1. The Labute approximate surface area is 107 Å². The van der Waals surface area contributed by atoms with Crippen molar-refractivity contribution in [2.75, 3.05) is 24.3 Å². The minimum atomic E-state index is 0.128. The molecule has 1 aromatic rings. The van der Waals surface area contributed by atoms with Crippen molar-refractivity contribution in [1.82, 2.24) is 5.32 Å². The third kappa shape index (κ3) is 6.22. The second-order valence-corrected chi connectivity index (χ2v) is 4.92. The third-order valence-corrected chi connectivity index (χ3v) is 3.16. The second kappa shape index (κ2) is 8.01. The van der Waals surface area contributed by atoms with Gasteiger partial charge in [-0.15, -0.1) is 0 Å². The van der Waals surface area contributed by atoms with E-state index >= 15 is 0 Å². The summed E-state index contributed by atoms with van der Waals surface area (Å²) in [5.41, 5.74) is 7.51. The molecule has 0 bridgehead atoms. The van der Waals surface area contributed by atoms with Crippen LogP contribution >= 0.6 is 11.8 Å². The lowest BCUT2D eigenvalue weighted by atomic mass is 10.1. The van der Waals surface area contributed by atoms with Gasteiger partial charge in [-0.25, -0.2) is 0 Å². The maximum Gasteiger partial charge on any atom is 0.220 e. The first-order valence-corrected chi connectivity index (χ1v) is 7.22. The molecule has 3 N–H and O–H groups in total. The summed E-state index contributed by atoms with van der Waals surface area (Å²) in [5, 5.41) is 2.92. The molecule has 4 heteroatoms. The molecule has 0 unspecified atom stereocenters. The fourth-order valence-electron chi connectivity index (χ4n) is 1.47. The fourth-order valence-corrected chi connectivity index (χ4v) is 1.91. The standard InChI is InChI=1S/C13H20N2OS/c1-17-10-2-9-15-13(16)8-5-11-3-6-12(14)7-4-11/h3-4,6-7H,2,5,8-10,14H2,1H3,(H,15,16). The van der Waals surface area contributed by atoms with E-state index in [0.717, 1.165) is 36.4 Å². The van der Waals surface area contributed by atoms with E-state index in [-0.39, 0.29) is 5.91 Å². The molecule has 1 amide bonds. The first-order chi connectivity index (χ1) is 8.22. The number of rotatable bonds is 7. The number of nitrogen functional groups attached to an aromatic ring is 1. The molecule has 3 nitrogen and oxygen atoms in total. The van der Waals surface area contributed by atoms with Crippen LogP contribution in [0.5, 0.6) is 0 Å². The van der Waals surface area contributed by atoms with Gasteiger partial charge in [0.1, 0.15) is 0 Å². The molecule has 0 aliphatic heterocycles. The first-order valence-electron chi connectivity index (χ1n) is 5.82. The van der Waals surface area contributed by atoms with Crippen molar-refractivity contribution in [2.24, 2.45) is 0 Å². The maximum absolute atomic E-state index is 11.5. The van der Waals surface area contributed by atoms with Crippen molar-refractivity contribution >= 4 is 23.4 Å². The van der Waals surface area contributed by atoms with Gasteiger partial charge in [-0.2, -0.15) is 11.8 Å². The predicted molar refractivity (Wildman–Crippen MR) is 75.2 cm³/mol. The van der Waals surface area contributed by atoms with Crippen LogP contribution in [0.3, 0.4) is 0 Å². The highest BCUT2D eigenvalue weighted by molar-refractivity contribution is 7.98. The summed E-state index contributed by atoms with van der Waals surface area (Å²) in [6, 6.07) is 7.67. The number of benzene rings is 1. The number of carbonyl (C=O) groups is 1. The van der Waals surface area contributed by atoms with Crippen LogP contribution in [0.1, 0.15) is 18.4 Å². The molecule has 0 fully saturated rings. The first kappa shape index (κ1) is 13.9. The van der Waals surface area contributed by atoms with Gasteiger partial charge in [0.05, 0.1) is 0 Å². The number of nitrogens with one attached hydrogen (secondary N) is 1. The number of carbonyl (C=O) groups excluding carboxylic acids is 1. The summed E-state index contributed by atoms with van der Waals surface area (Å²) in [4.78, 5) is 11.5. The highest BCUT2D eigenvalue weighted by atomic mass is 32.2. The van der Waals surface area contributed by atoms with Crippen molar-refractivity contribution in [3.8, 4) is 0 Å². The summed E-state index contributed by atoms with van der Waals surface area (Å²) < 4.78 is 0. The highest BCUT2D eigenvalue weighted by Crippen LogP contribution is 2.07. The lowest BCUT2D eigenvalue weighted by Gasteiger charge is -2.05. The Hall–Kier alpha value is -1.16. The van der Waals surface area contributed by atoms with Crippen molar-refractivity contribution < 1.29 is 4.79 Å². The van der Waals surface area contributed by atoms with Gasteiger partial charge >= 0.3 is 0 Å². The molecule has 0 aromatic heterocycles. The normalized spacial score (nSPS) is 10.2. The lowest BCUT2D eigenvalue weighted by Crippen LogP contribution is -2.24. The molecule has 0 radical (unpaired) electrons. The average Bonchev–Trinajstić information content (AvgIpc) is 2.34. The van der Waals surface area contributed by atoms with Gasteiger partial charge in [0.25, 0.3) is 0 Å². The largest absolute Gasteiger partial charge is 0.399 e. The zero-order chi connectivity index (χ0) is 12.5. The summed E-state index contributed by atoms with van der Waals surface area (Å²) in [5.74, 6) is 1.22. The molecular formula is C13H20N2OS. The Balaban J connectivity index is 2.17. The third-order valence-electron chi connectivity index (χ3n) is 2.47. The Morgan fingerprint density at radius 2 is 2.06 bits per heavy atom. The van der Waals surface area contributed by atoms with Crippen LogP contribution in [0.2, 0.25) is 0 Å². The summed E-state index contributed by atoms with van der Waals surface area (Å²) in [7, 11) is 0. The number of nitrogens with two attached hydrogens (primary N) is 1. The zero-order valence-corrected chi connectivity index (χ0v) is 11.1. The molecule has 0 aliphatic carbocycles. The monoisotopic (exact) mass is 252 g/mol. The number of anilines is 1. The smallest absolute Gasteiger partial charge is 0.220 e. The quantitative estimate of drug-likeness (QED) is 0.577. The number of hydrogen-bond acceptors (Lipinski definition) is 3. The number of thioether (sulfide) groups is 1. The fraction of sp³-hybridized carbons (Fsp3) is 0.462. The number of aryl methyl sites for hydroxylation is 1. The van der Waals surface area contributed by atoms with Crippen LogP contribution in [0.25, 0.3) is 0 Å². The molecular weight excluding hydrogens is 232 g/mol. The molecule has 0 heterocycles. The van der Waals surface area contributed by atoms with E-state index in [4.69, 9.17) is 5.73 Å². The van der Waals surface area contributed by atoms with Gasteiger partial charge in [0.2, 0.25) is 5.91 Å². The van der Waals surface area contributed by atoms with Crippen LogP contribution < -0.4 is 11.1 Å². The minimum Gasteiger partial charge on any atom is -0.399 e. The van der Waals surface area contributed by atoms with Gasteiger partial charge in [-0.05, 0) is 42.5 Å². The van der Waals surface area contributed by atoms with Gasteiger partial charge in [-0.1, -0.05) is 12.1 Å². The van der Waals surface area contributed by atoms with Crippen molar-refractivity contribution in [3.05, 3.63) is 29.8 Å². The molecule has 1 rings (SSSR count). The molecule has 0 saturated heterocycles. The molecule has 0 aliphatic rings. The Bertz CT molecular complexity index is 338. The van der Waals surface area contributed by atoms with Crippen LogP contribution in [-0.4, -0.2) is 24.5 Å². The molecule has 1 aromatic carbocycles. The Morgan fingerprint density at radius 3 is 2.71 bits per heavy atom. The van der Waals surface area contributed by atoms with Crippen molar-refractivity contribution in [3.63, 3.8) is 0 Å². The van der Waals surface area contributed by atoms with E-state index in [2.05, 4.69) is 11.6 Å². The maximum atomic E-state index is 11.5. The topological polar surface area (TPSA) is 55.1 Å². The van der Waals surface area contributed by atoms with Crippen LogP contribution in [0.15, 0.2) is 24.3 Å². The van der Waals surface area contributed by atoms with E-state index in [1.54, 1.807) is 11.8 Å². The Morgan fingerprint density at radius 1 is 1.35 bits per heavy atom. The van der Waals surface area contributed by atoms with Crippen LogP contribution in [-0.2, 0) is 11.2 Å². The van der Waals surface area contributed by atoms with E-state index in [0.29, 0.717) is 6.42 Å². The Kier molecular flexibility index (Phi) is 6.55. The average molecular weight is 252 g/mol. The molecule has 94 valence electrons. The van der Waals surface area contributed by atoms with E-state index < -0.39 is 0 Å². The van der Waals surface area contributed by atoms with Gasteiger partial charge in [0.15, 0.2) is 0 Å². The zero-order valence-electron chi connectivity index (χ0n) is 10.2. The van der Waals surface area contributed by atoms with Crippen molar-refractivity contribution in [2.45, 2.75) is 19.3 Å². The molecule has 0 saturated carbocycles. The lowest BCUT2D eigenvalue weighted by molar-refractivity contribution is -0.121. The molecule has 0 atom stereocenters. The second-order valence-electron chi connectivity index (χ2n) is 3.94. The minimum absolute atomic E-state index is 0.128. The van der Waals surface area contributed by atoms with Gasteiger partial charge in [0, 0.05) is 18.7 Å². The molecule has 17 heavy (non-hydrogen) atoms. The predicted octanol–water partition coefficient (Wildman–Crippen LogP) is 2.07. The van der Waals surface area contributed by atoms with Gasteiger partial charge in [-0.3, -0.25) is 4.79 Å². The molecule has 0 spiro atoms. The summed E-state index contributed by atoms with van der Waals surface area (Å²) >= 11 is 1.80. The van der Waals surface area contributed by atoms with Crippen LogP contribution in [0, 0.1) is 0 Å². The van der Waals surface area contributed by atoms with E-state index in [9.17, 15) is 4.79 Å². The summed E-state index contributed by atoms with van der Waals surface area (Å²) in [6.45, 7) is 0.779. The van der Waals surface area contributed by atoms with E-state index in [1.807, 2.05) is 24.3 Å². The van der Waals surface area contributed by atoms with Gasteiger partial charge < -0.3 is 11.1 Å². The highest BCUT2D eigenvalue weighted by Gasteiger charge is 2.01. The summed E-state index contributed by atoms with van der Waals surface area (Å²) in [6.07, 6.45) is 4.43. The van der Waals surface area contributed by atoms with E-state index in [1.165, 1.54) is 0 Å². The number of hydrogen-bond donors (Lipinski definition) is 2. The van der Waals surface area contributed by atoms with Crippen LogP contribution in [0.4, 0.5) is 5.69 Å².